The minimum atomic E-state index is -1.45. The molecule has 0 radical (unpaired) electrons. The van der Waals surface area contributed by atoms with Crippen LogP contribution in [0, 0.1) is 5.82 Å². The van der Waals surface area contributed by atoms with E-state index in [2.05, 4.69) is 20.4 Å². The normalized spacial score (nSPS) is 15.0. The van der Waals surface area contributed by atoms with Crippen molar-refractivity contribution in [3.8, 4) is 34.0 Å². The molecule has 1 aliphatic rings. The molecule has 1 fully saturated rings. The topological polar surface area (TPSA) is 118 Å². The minimum absolute atomic E-state index is 0.120. The first kappa shape index (κ1) is 28.0. The standard InChI is InChI=1S/C31H31FN4O5/c1-20(2)33-29(37)31(40-30(38)39)14-16-36(17-15-31)19-21-8-10-23(11-9-21)27-34-28(41-35-27)24-12-13-25(26(32)18-24)22-6-4-3-5-7-22/h3-13,18,20H,14-17,19H2,1-2H3,(H,33,37)(H,38,39). The third kappa shape index (κ3) is 6.44. The van der Waals surface area contributed by atoms with Gasteiger partial charge in [-0.1, -0.05) is 65.8 Å². The average Bonchev–Trinajstić information content (AvgIpc) is 3.45. The Morgan fingerprint density at radius 3 is 2.34 bits per heavy atom. The monoisotopic (exact) mass is 558 g/mol. The summed E-state index contributed by atoms with van der Waals surface area (Å²) in [4.78, 5) is 30.6. The Hall–Kier alpha value is -4.57. The van der Waals surface area contributed by atoms with E-state index >= 15 is 0 Å². The summed E-state index contributed by atoms with van der Waals surface area (Å²) in [6, 6.07) is 21.7. The molecule has 1 amide bonds. The molecule has 4 aromatic rings. The number of ether oxygens (including phenoxy) is 1. The summed E-state index contributed by atoms with van der Waals surface area (Å²) in [5, 5.41) is 16.1. The van der Waals surface area contributed by atoms with Crippen molar-refractivity contribution in [3.63, 3.8) is 0 Å². The highest BCUT2D eigenvalue weighted by Crippen LogP contribution is 2.30. The predicted octanol–water partition coefficient (Wildman–Crippen LogP) is 5.76. The van der Waals surface area contributed by atoms with Gasteiger partial charge in [0.05, 0.1) is 0 Å². The van der Waals surface area contributed by atoms with Gasteiger partial charge in [0.25, 0.3) is 11.8 Å². The third-order valence-corrected chi connectivity index (χ3v) is 7.13. The quantitative estimate of drug-likeness (QED) is 0.262. The number of hydrogen-bond donors (Lipinski definition) is 2. The zero-order chi connectivity index (χ0) is 29.0. The van der Waals surface area contributed by atoms with Crippen LogP contribution in [0.15, 0.2) is 77.3 Å². The molecule has 212 valence electrons. The number of amides is 1. The van der Waals surface area contributed by atoms with Crippen LogP contribution in [-0.4, -0.2) is 56.9 Å². The number of halogens is 1. The lowest BCUT2D eigenvalue weighted by Gasteiger charge is -2.39. The number of carbonyl (C=O) groups is 2. The summed E-state index contributed by atoms with van der Waals surface area (Å²) < 4.78 is 25.4. The highest BCUT2D eigenvalue weighted by molar-refractivity contribution is 5.87. The van der Waals surface area contributed by atoms with Crippen molar-refractivity contribution in [1.29, 1.82) is 0 Å². The maximum Gasteiger partial charge on any atom is 0.506 e. The Kier molecular flexibility index (Phi) is 8.11. The Bertz CT molecular complexity index is 1510. The number of likely N-dealkylation sites (tertiary alicyclic amines) is 1. The van der Waals surface area contributed by atoms with Crippen molar-refractivity contribution in [2.75, 3.05) is 13.1 Å². The van der Waals surface area contributed by atoms with Gasteiger partial charge < -0.3 is 19.7 Å². The number of carbonyl (C=O) groups excluding carboxylic acids is 1. The predicted molar refractivity (Wildman–Crippen MR) is 150 cm³/mol. The van der Waals surface area contributed by atoms with Crippen LogP contribution in [0.5, 0.6) is 0 Å². The second kappa shape index (κ2) is 11.9. The molecule has 1 aromatic heterocycles. The fourth-order valence-electron chi connectivity index (χ4n) is 4.98. The smallest absolute Gasteiger partial charge is 0.450 e. The molecule has 0 bridgehead atoms. The first-order valence-electron chi connectivity index (χ1n) is 13.5. The van der Waals surface area contributed by atoms with E-state index in [4.69, 9.17) is 9.26 Å². The molecular formula is C31H31FN4O5. The summed E-state index contributed by atoms with van der Waals surface area (Å²) in [5.74, 6) is -0.149. The summed E-state index contributed by atoms with van der Waals surface area (Å²) in [5.41, 5.74) is 2.19. The molecule has 1 aliphatic heterocycles. The van der Waals surface area contributed by atoms with Crippen molar-refractivity contribution >= 4 is 12.1 Å². The molecule has 0 unspecified atom stereocenters. The SMILES string of the molecule is CC(C)NC(=O)C1(OC(=O)O)CCN(Cc2ccc(-c3noc(-c4ccc(-c5ccccc5)c(F)c4)n3)cc2)CC1. The number of aromatic nitrogens is 2. The van der Waals surface area contributed by atoms with E-state index in [1.807, 2.05) is 68.4 Å². The van der Waals surface area contributed by atoms with Crippen molar-refractivity contribution in [1.82, 2.24) is 20.4 Å². The van der Waals surface area contributed by atoms with Gasteiger partial charge in [-0.05, 0) is 37.1 Å². The maximum absolute atomic E-state index is 14.8. The van der Waals surface area contributed by atoms with Gasteiger partial charge in [0.1, 0.15) is 5.82 Å². The van der Waals surface area contributed by atoms with Gasteiger partial charge in [0, 0.05) is 55.2 Å². The molecule has 0 atom stereocenters. The van der Waals surface area contributed by atoms with Gasteiger partial charge >= 0.3 is 6.16 Å². The summed E-state index contributed by atoms with van der Waals surface area (Å²) in [6.07, 6.45) is -0.907. The Balaban J connectivity index is 1.22. The van der Waals surface area contributed by atoms with Gasteiger partial charge in [0.2, 0.25) is 5.82 Å². The van der Waals surface area contributed by atoms with Gasteiger partial charge in [-0.3, -0.25) is 9.69 Å². The van der Waals surface area contributed by atoms with Crippen molar-refractivity contribution in [3.05, 3.63) is 84.2 Å². The van der Waals surface area contributed by atoms with Crippen molar-refractivity contribution in [2.24, 2.45) is 0 Å². The number of carboxylic acid groups (broad SMARTS) is 1. The fourth-order valence-corrected chi connectivity index (χ4v) is 4.98. The van der Waals surface area contributed by atoms with Gasteiger partial charge in [-0.25, -0.2) is 9.18 Å². The first-order valence-corrected chi connectivity index (χ1v) is 13.5. The van der Waals surface area contributed by atoms with Crippen LogP contribution >= 0.6 is 0 Å². The molecule has 1 saturated heterocycles. The molecule has 3 aromatic carbocycles. The Morgan fingerprint density at radius 2 is 1.71 bits per heavy atom. The molecule has 9 nitrogen and oxygen atoms in total. The number of piperidine rings is 1. The zero-order valence-corrected chi connectivity index (χ0v) is 22.8. The molecule has 2 N–H and O–H groups in total. The van der Waals surface area contributed by atoms with Crippen LogP contribution in [0.1, 0.15) is 32.3 Å². The molecule has 0 saturated carbocycles. The second-order valence-electron chi connectivity index (χ2n) is 10.4. The van der Waals surface area contributed by atoms with E-state index in [1.54, 1.807) is 12.1 Å². The van der Waals surface area contributed by atoms with Crippen molar-refractivity contribution < 1.29 is 28.3 Å². The molecular weight excluding hydrogens is 527 g/mol. The Labute approximate surface area is 237 Å². The lowest BCUT2D eigenvalue weighted by molar-refractivity contribution is -0.148. The molecule has 5 rings (SSSR count). The van der Waals surface area contributed by atoms with E-state index < -0.39 is 17.7 Å². The molecule has 10 heteroatoms. The number of nitrogens with one attached hydrogen (secondary N) is 1. The van der Waals surface area contributed by atoms with Crippen LogP contribution in [0.3, 0.4) is 0 Å². The Morgan fingerprint density at radius 1 is 1.02 bits per heavy atom. The van der Waals surface area contributed by atoms with Crippen LogP contribution in [-0.2, 0) is 16.1 Å². The van der Waals surface area contributed by atoms with Crippen LogP contribution in [0.2, 0.25) is 0 Å². The highest BCUT2D eigenvalue weighted by Gasteiger charge is 2.45. The molecule has 2 heterocycles. The van der Waals surface area contributed by atoms with Gasteiger partial charge in [-0.15, -0.1) is 0 Å². The number of hydrogen-bond acceptors (Lipinski definition) is 7. The van der Waals surface area contributed by atoms with Crippen LogP contribution in [0.25, 0.3) is 34.0 Å². The van der Waals surface area contributed by atoms with Crippen LogP contribution < -0.4 is 5.32 Å². The summed E-state index contributed by atoms with van der Waals surface area (Å²) >= 11 is 0. The van der Waals surface area contributed by atoms with E-state index in [-0.39, 0.29) is 30.6 Å². The maximum atomic E-state index is 14.8. The minimum Gasteiger partial charge on any atom is -0.450 e. The third-order valence-electron chi connectivity index (χ3n) is 7.13. The second-order valence-corrected chi connectivity index (χ2v) is 10.4. The number of rotatable bonds is 8. The molecule has 0 aliphatic carbocycles. The highest BCUT2D eigenvalue weighted by atomic mass is 19.1. The van der Waals surface area contributed by atoms with E-state index in [0.29, 0.717) is 36.6 Å². The fraction of sp³-hybridized carbons (Fsp3) is 0.290. The zero-order valence-electron chi connectivity index (χ0n) is 22.8. The van der Waals surface area contributed by atoms with Gasteiger partial charge in [0.15, 0.2) is 5.60 Å². The number of nitrogens with zero attached hydrogens (tertiary/aromatic N) is 3. The summed E-state index contributed by atoms with van der Waals surface area (Å²) in [6.45, 7) is 5.29. The number of benzene rings is 3. The lowest BCUT2D eigenvalue weighted by Crippen LogP contribution is -2.57. The molecule has 0 spiro atoms. The molecule has 41 heavy (non-hydrogen) atoms. The summed E-state index contributed by atoms with van der Waals surface area (Å²) in [7, 11) is 0. The van der Waals surface area contributed by atoms with E-state index in [0.717, 1.165) is 16.7 Å². The van der Waals surface area contributed by atoms with Crippen LogP contribution in [0.4, 0.5) is 9.18 Å². The first-order chi connectivity index (χ1) is 19.7. The van der Waals surface area contributed by atoms with E-state index in [9.17, 15) is 19.1 Å². The van der Waals surface area contributed by atoms with E-state index in [1.165, 1.54) is 6.07 Å². The van der Waals surface area contributed by atoms with Gasteiger partial charge in [-0.2, -0.15) is 4.98 Å². The average molecular weight is 559 g/mol. The largest absolute Gasteiger partial charge is 0.506 e. The lowest BCUT2D eigenvalue weighted by atomic mass is 9.89. The van der Waals surface area contributed by atoms with Crippen molar-refractivity contribution in [2.45, 2.75) is 44.9 Å².